The van der Waals surface area contributed by atoms with Crippen molar-refractivity contribution in [1.29, 1.82) is 0 Å². The number of imidazole rings is 1. The van der Waals surface area contributed by atoms with Crippen LogP contribution in [0.3, 0.4) is 0 Å². The van der Waals surface area contributed by atoms with Gasteiger partial charge in [0.2, 0.25) is 0 Å². The third-order valence-electron chi connectivity index (χ3n) is 4.56. The minimum Gasteiger partial charge on any atom is -0.296 e. The Balaban J connectivity index is 1.65. The molecule has 4 rings (SSSR count). The minimum absolute atomic E-state index is 0.00322. The summed E-state index contributed by atoms with van der Waals surface area (Å²) >= 11 is 1.79. The molecule has 120 valence electrons. The van der Waals surface area contributed by atoms with Gasteiger partial charge in [-0.2, -0.15) is 0 Å². The Morgan fingerprint density at radius 2 is 2.35 bits per heavy atom. The highest BCUT2D eigenvalue weighted by molar-refractivity contribution is 7.09. The van der Waals surface area contributed by atoms with E-state index in [1.54, 1.807) is 29.1 Å². The third-order valence-corrected chi connectivity index (χ3v) is 5.42. The van der Waals surface area contributed by atoms with E-state index in [4.69, 9.17) is 0 Å². The highest BCUT2D eigenvalue weighted by Gasteiger charge is 2.26. The summed E-state index contributed by atoms with van der Waals surface area (Å²) in [4.78, 5) is 24.9. The van der Waals surface area contributed by atoms with Crippen molar-refractivity contribution in [3.8, 4) is 0 Å². The van der Waals surface area contributed by atoms with E-state index < -0.39 is 0 Å². The third kappa shape index (κ3) is 2.60. The summed E-state index contributed by atoms with van der Waals surface area (Å²) < 4.78 is 3.51. The monoisotopic (exact) mass is 329 g/mol. The second-order valence-corrected chi connectivity index (χ2v) is 7.09. The molecule has 0 amide bonds. The van der Waals surface area contributed by atoms with E-state index in [2.05, 4.69) is 32.4 Å². The van der Waals surface area contributed by atoms with Crippen molar-refractivity contribution in [1.82, 2.24) is 24.0 Å². The van der Waals surface area contributed by atoms with E-state index in [0.29, 0.717) is 0 Å². The van der Waals surface area contributed by atoms with Crippen molar-refractivity contribution in [3.05, 3.63) is 45.4 Å². The highest BCUT2D eigenvalue weighted by atomic mass is 32.1. The molecule has 0 bridgehead atoms. The van der Waals surface area contributed by atoms with Crippen molar-refractivity contribution in [2.24, 2.45) is 7.05 Å². The molecule has 1 fully saturated rings. The van der Waals surface area contributed by atoms with Crippen LogP contribution < -0.4 is 5.69 Å². The first-order valence-electron chi connectivity index (χ1n) is 7.85. The molecule has 3 aromatic rings. The standard InChI is InChI=1S/C16H19N5OS/c1-19-14-8-17-11-18-15(14)21(16(19)22)12-4-2-6-20(9-12)10-13-5-3-7-23-13/h3,5,7-8,11-12H,2,4,6,9-10H2,1H3. The first-order valence-corrected chi connectivity index (χ1v) is 8.73. The normalized spacial score (nSPS) is 19.4. The van der Waals surface area contributed by atoms with Crippen molar-refractivity contribution in [2.75, 3.05) is 13.1 Å². The predicted octanol–water partition coefficient (Wildman–Crippen LogP) is 2.03. The number of rotatable bonds is 3. The zero-order valence-corrected chi connectivity index (χ0v) is 13.9. The largest absolute Gasteiger partial charge is 0.330 e. The van der Waals surface area contributed by atoms with Gasteiger partial charge in [-0.25, -0.2) is 14.8 Å². The second-order valence-electron chi connectivity index (χ2n) is 6.05. The number of hydrogen-bond acceptors (Lipinski definition) is 5. The molecule has 3 aromatic heterocycles. The van der Waals surface area contributed by atoms with Gasteiger partial charge in [0, 0.05) is 25.0 Å². The SMILES string of the molecule is Cn1c(=O)n(C2CCCN(Cc3cccs3)C2)c2ncncc21. The molecule has 1 aliphatic rings. The Hall–Kier alpha value is -1.99. The van der Waals surface area contributed by atoms with Gasteiger partial charge in [0.05, 0.1) is 12.2 Å². The summed E-state index contributed by atoms with van der Waals surface area (Å²) in [5.74, 6) is 0. The number of piperidine rings is 1. The Kier molecular flexibility index (Phi) is 3.74. The molecule has 1 atom stereocenters. The minimum atomic E-state index is 0.00322. The molecule has 0 N–H and O–H groups in total. The maximum atomic E-state index is 12.7. The maximum Gasteiger partial charge on any atom is 0.330 e. The van der Waals surface area contributed by atoms with Gasteiger partial charge in [0.1, 0.15) is 11.8 Å². The van der Waals surface area contributed by atoms with Gasteiger partial charge in [-0.05, 0) is 30.8 Å². The van der Waals surface area contributed by atoms with Gasteiger partial charge in [-0.15, -0.1) is 11.3 Å². The maximum absolute atomic E-state index is 12.7. The summed E-state index contributed by atoms with van der Waals surface area (Å²) in [6, 6.07) is 4.44. The molecule has 1 saturated heterocycles. The average Bonchev–Trinajstić information content (AvgIpc) is 3.16. The molecule has 1 aliphatic heterocycles. The molecule has 0 radical (unpaired) electrons. The number of hydrogen-bond donors (Lipinski definition) is 0. The van der Waals surface area contributed by atoms with E-state index in [9.17, 15) is 4.79 Å². The van der Waals surface area contributed by atoms with E-state index in [1.807, 2.05) is 4.57 Å². The fourth-order valence-corrected chi connectivity index (χ4v) is 4.18. The van der Waals surface area contributed by atoms with E-state index in [0.717, 1.165) is 43.6 Å². The van der Waals surface area contributed by atoms with Crippen molar-refractivity contribution >= 4 is 22.5 Å². The first-order chi connectivity index (χ1) is 11.2. The summed E-state index contributed by atoms with van der Waals surface area (Å²) in [6.45, 7) is 2.94. The highest BCUT2D eigenvalue weighted by Crippen LogP contribution is 2.25. The molecule has 4 heterocycles. The van der Waals surface area contributed by atoms with Crippen LogP contribution >= 0.6 is 11.3 Å². The van der Waals surface area contributed by atoms with Gasteiger partial charge in [-0.1, -0.05) is 6.07 Å². The summed E-state index contributed by atoms with van der Waals surface area (Å²) in [7, 11) is 1.79. The van der Waals surface area contributed by atoms with Gasteiger partial charge < -0.3 is 0 Å². The Morgan fingerprint density at radius 1 is 1.43 bits per heavy atom. The molecule has 1 unspecified atom stereocenters. The molecule has 0 aromatic carbocycles. The number of fused-ring (bicyclic) bond motifs is 1. The lowest BCUT2D eigenvalue weighted by atomic mass is 10.1. The van der Waals surface area contributed by atoms with Crippen LogP contribution in [0.2, 0.25) is 0 Å². The lowest BCUT2D eigenvalue weighted by Crippen LogP contribution is -2.39. The van der Waals surface area contributed by atoms with Crippen LogP contribution in [0, 0.1) is 0 Å². The number of nitrogens with zero attached hydrogens (tertiary/aromatic N) is 5. The van der Waals surface area contributed by atoms with E-state index >= 15 is 0 Å². The number of aryl methyl sites for hydroxylation is 1. The second kappa shape index (κ2) is 5.90. The van der Waals surface area contributed by atoms with Crippen molar-refractivity contribution < 1.29 is 0 Å². The fourth-order valence-electron chi connectivity index (χ4n) is 3.43. The zero-order chi connectivity index (χ0) is 15.8. The molecule has 0 aliphatic carbocycles. The van der Waals surface area contributed by atoms with E-state index in [1.165, 1.54) is 11.2 Å². The summed E-state index contributed by atoms with van der Waals surface area (Å²) in [5.41, 5.74) is 1.55. The van der Waals surface area contributed by atoms with Crippen LogP contribution in [-0.4, -0.2) is 37.1 Å². The molecule has 23 heavy (non-hydrogen) atoms. The Bertz CT molecular complexity index is 866. The molecular weight excluding hydrogens is 310 g/mol. The van der Waals surface area contributed by atoms with E-state index in [-0.39, 0.29) is 11.7 Å². The molecular formula is C16H19N5OS. The van der Waals surface area contributed by atoms with Crippen LogP contribution in [0.4, 0.5) is 0 Å². The number of aromatic nitrogens is 4. The Labute approximate surface area is 138 Å². The van der Waals surface area contributed by atoms with Crippen LogP contribution in [0.1, 0.15) is 23.8 Å². The molecule has 0 saturated carbocycles. The van der Waals surface area contributed by atoms with Crippen LogP contribution in [0.25, 0.3) is 11.2 Å². The number of likely N-dealkylation sites (tertiary alicyclic amines) is 1. The summed E-state index contributed by atoms with van der Waals surface area (Å²) in [6.07, 6.45) is 5.35. The average molecular weight is 329 g/mol. The van der Waals surface area contributed by atoms with Crippen LogP contribution in [0.5, 0.6) is 0 Å². The topological polar surface area (TPSA) is 56.0 Å². The smallest absolute Gasteiger partial charge is 0.296 e. The lowest BCUT2D eigenvalue weighted by Gasteiger charge is -2.32. The van der Waals surface area contributed by atoms with Crippen LogP contribution in [-0.2, 0) is 13.6 Å². The van der Waals surface area contributed by atoms with Gasteiger partial charge >= 0.3 is 5.69 Å². The lowest BCUT2D eigenvalue weighted by molar-refractivity contribution is 0.171. The van der Waals surface area contributed by atoms with Gasteiger partial charge in [0.25, 0.3) is 0 Å². The fraction of sp³-hybridized carbons (Fsp3) is 0.438. The predicted molar refractivity (Wildman–Crippen MR) is 90.6 cm³/mol. The quantitative estimate of drug-likeness (QED) is 0.738. The van der Waals surface area contributed by atoms with Crippen LogP contribution in [0.15, 0.2) is 34.8 Å². The number of thiophene rings is 1. The van der Waals surface area contributed by atoms with Gasteiger partial charge in [0.15, 0.2) is 5.65 Å². The summed E-state index contributed by atoms with van der Waals surface area (Å²) in [5, 5.41) is 2.11. The Morgan fingerprint density at radius 3 is 3.17 bits per heavy atom. The van der Waals surface area contributed by atoms with Crippen molar-refractivity contribution in [2.45, 2.75) is 25.4 Å². The first kappa shape index (κ1) is 14.6. The zero-order valence-electron chi connectivity index (χ0n) is 13.1. The van der Waals surface area contributed by atoms with Gasteiger partial charge in [-0.3, -0.25) is 14.0 Å². The molecule has 6 nitrogen and oxygen atoms in total. The molecule has 0 spiro atoms. The van der Waals surface area contributed by atoms with Crippen molar-refractivity contribution in [3.63, 3.8) is 0 Å². The molecule has 7 heteroatoms.